The average Bonchev–Trinajstić information content (AvgIpc) is 2.18. The molecule has 1 fully saturated rings. The van der Waals surface area contributed by atoms with Crippen LogP contribution in [0.2, 0.25) is 0 Å². The van der Waals surface area contributed by atoms with E-state index in [4.69, 9.17) is 0 Å². The van der Waals surface area contributed by atoms with E-state index in [0.29, 0.717) is 18.4 Å². The topological polar surface area (TPSA) is 23.6 Å². The summed E-state index contributed by atoms with van der Waals surface area (Å²) in [4.78, 5) is 16.1. The minimum Gasteiger partial charge on any atom is -0.305 e. The number of Topliss-reactive ketones (excluding diaryl/α,β-unsaturated/α-hetero) is 1. The molecular weight excluding hydrogens is 188 g/mol. The number of ketones is 1. The van der Waals surface area contributed by atoms with Gasteiger partial charge in [0.25, 0.3) is 0 Å². The van der Waals surface area contributed by atoms with E-state index in [9.17, 15) is 4.79 Å². The van der Waals surface area contributed by atoms with E-state index < -0.39 is 0 Å². The van der Waals surface area contributed by atoms with Gasteiger partial charge >= 0.3 is 0 Å². The maximum Gasteiger partial charge on any atom is 0.146 e. The molecule has 0 aromatic heterocycles. The largest absolute Gasteiger partial charge is 0.305 e. The first kappa shape index (κ1) is 12.7. The molecule has 0 aromatic carbocycles. The van der Waals surface area contributed by atoms with Crippen LogP contribution in [0, 0.1) is 0 Å². The molecule has 0 spiro atoms. The van der Waals surface area contributed by atoms with Gasteiger partial charge in [-0.15, -0.1) is 0 Å². The summed E-state index contributed by atoms with van der Waals surface area (Å²) in [5.74, 6) is 0.400. The van der Waals surface area contributed by atoms with Gasteiger partial charge in [-0.3, -0.25) is 9.69 Å². The molecule has 0 bridgehead atoms. The lowest BCUT2D eigenvalue weighted by Gasteiger charge is -2.35. The van der Waals surface area contributed by atoms with Crippen LogP contribution >= 0.6 is 0 Å². The number of likely N-dealkylation sites (N-methyl/N-ethyl adjacent to an activating group) is 1. The summed E-state index contributed by atoms with van der Waals surface area (Å²) in [6.07, 6.45) is 4.21. The molecule has 0 aliphatic carbocycles. The van der Waals surface area contributed by atoms with Gasteiger partial charge in [-0.1, -0.05) is 6.92 Å². The SMILES string of the molecule is CCCC(=O)CN1CCCC(N(C)C)C1. The van der Waals surface area contributed by atoms with Crippen molar-refractivity contribution in [1.82, 2.24) is 9.80 Å². The number of nitrogens with zero attached hydrogens (tertiary/aromatic N) is 2. The summed E-state index contributed by atoms with van der Waals surface area (Å²) in [7, 11) is 4.25. The summed E-state index contributed by atoms with van der Waals surface area (Å²) >= 11 is 0. The van der Waals surface area contributed by atoms with Gasteiger partial charge in [0.1, 0.15) is 5.78 Å². The van der Waals surface area contributed by atoms with Gasteiger partial charge in [-0.2, -0.15) is 0 Å². The Kier molecular flexibility index (Phi) is 5.26. The van der Waals surface area contributed by atoms with Crippen molar-refractivity contribution in [2.45, 2.75) is 38.6 Å². The fraction of sp³-hybridized carbons (Fsp3) is 0.917. The van der Waals surface area contributed by atoms with Gasteiger partial charge in [0.2, 0.25) is 0 Å². The van der Waals surface area contributed by atoms with Crippen LogP contribution < -0.4 is 0 Å². The zero-order valence-corrected chi connectivity index (χ0v) is 10.3. The highest BCUT2D eigenvalue weighted by molar-refractivity contribution is 5.80. The number of likely N-dealkylation sites (tertiary alicyclic amines) is 1. The van der Waals surface area contributed by atoms with Gasteiger partial charge < -0.3 is 4.90 Å². The van der Waals surface area contributed by atoms with Crippen molar-refractivity contribution < 1.29 is 4.79 Å². The van der Waals surface area contributed by atoms with E-state index >= 15 is 0 Å². The number of piperidine rings is 1. The second-order valence-electron chi connectivity index (χ2n) is 4.78. The third kappa shape index (κ3) is 4.31. The van der Waals surface area contributed by atoms with Gasteiger partial charge in [-0.25, -0.2) is 0 Å². The molecule has 1 heterocycles. The lowest BCUT2D eigenvalue weighted by molar-refractivity contribution is -0.120. The van der Waals surface area contributed by atoms with Crippen molar-refractivity contribution in [2.24, 2.45) is 0 Å². The minimum absolute atomic E-state index is 0.400. The average molecular weight is 212 g/mol. The third-order valence-electron chi connectivity index (χ3n) is 3.14. The quantitative estimate of drug-likeness (QED) is 0.688. The van der Waals surface area contributed by atoms with Gasteiger partial charge in [0.05, 0.1) is 6.54 Å². The van der Waals surface area contributed by atoms with Gasteiger partial charge in [-0.05, 0) is 39.9 Å². The molecule has 1 saturated heterocycles. The highest BCUT2D eigenvalue weighted by Gasteiger charge is 2.22. The van der Waals surface area contributed by atoms with Crippen molar-refractivity contribution in [2.75, 3.05) is 33.7 Å². The van der Waals surface area contributed by atoms with E-state index in [0.717, 1.165) is 25.9 Å². The van der Waals surface area contributed by atoms with Gasteiger partial charge in [0.15, 0.2) is 0 Å². The van der Waals surface area contributed by atoms with Crippen LogP contribution in [-0.2, 0) is 4.79 Å². The Hall–Kier alpha value is -0.410. The molecule has 0 amide bonds. The normalized spacial score (nSPS) is 23.3. The summed E-state index contributed by atoms with van der Waals surface area (Å²) in [5.41, 5.74) is 0. The van der Waals surface area contributed by atoms with Crippen molar-refractivity contribution in [3.8, 4) is 0 Å². The molecule has 15 heavy (non-hydrogen) atoms. The zero-order chi connectivity index (χ0) is 11.3. The van der Waals surface area contributed by atoms with E-state index in [1.165, 1.54) is 12.8 Å². The van der Waals surface area contributed by atoms with Crippen LogP contribution in [0.5, 0.6) is 0 Å². The first-order chi connectivity index (χ1) is 7.13. The maximum absolute atomic E-state index is 11.5. The second-order valence-corrected chi connectivity index (χ2v) is 4.78. The van der Waals surface area contributed by atoms with E-state index in [-0.39, 0.29) is 0 Å². The summed E-state index contributed by atoms with van der Waals surface area (Å²) in [6.45, 7) is 4.89. The Morgan fingerprint density at radius 3 is 2.80 bits per heavy atom. The smallest absolute Gasteiger partial charge is 0.146 e. The Morgan fingerprint density at radius 2 is 2.20 bits per heavy atom. The lowest BCUT2D eigenvalue weighted by Crippen LogP contribution is -2.46. The summed E-state index contributed by atoms with van der Waals surface area (Å²) < 4.78 is 0. The Balaban J connectivity index is 2.33. The van der Waals surface area contributed by atoms with Crippen LogP contribution in [0.1, 0.15) is 32.6 Å². The Morgan fingerprint density at radius 1 is 1.47 bits per heavy atom. The molecule has 1 rings (SSSR count). The molecule has 0 radical (unpaired) electrons. The highest BCUT2D eigenvalue weighted by atomic mass is 16.1. The third-order valence-corrected chi connectivity index (χ3v) is 3.14. The number of hydrogen-bond acceptors (Lipinski definition) is 3. The first-order valence-corrected chi connectivity index (χ1v) is 6.04. The molecule has 1 atom stereocenters. The first-order valence-electron chi connectivity index (χ1n) is 6.04. The molecule has 1 aliphatic heterocycles. The maximum atomic E-state index is 11.5. The second kappa shape index (κ2) is 6.23. The predicted molar refractivity (Wildman–Crippen MR) is 63.1 cm³/mol. The van der Waals surface area contributed by atoms with Crippen LogP contribution in [0.4, 0.5) is 0 Å². The van der Waals surface area contributed by atoms with Crippen molar-refractivity contribution in [3.63, 3.8) is 0 Å². The molecule has 1 unspecified atom stereocenters. The molecule has 0 saturated carbocycles. The summed E-state index contributed by atoms with van der Waals surface area (Å²) in [6, 6.07) is 0.633. The van der Waals surface area contributed by atoms with E-state index in [1.54, 1.807) is 0 Å². The molecule has 3 heteroatoms. The molecule has 3 nitrogen and oxygen atoms in total. The Bertz CT molecular complexity index is 204. The van der Waals surface area contributed by atoms with Crippen LogP contribution in [-0.4, -0.2) is 55.4 Å². The van der Waals surface area contributed by atoms with Crippen molar-refractivity contribution in [3.05, 3.63) is 0 Å². The monoisotopic (exact) mass is 212 g/mol. The molecule has 0 aromatic rings. The number of rotatable bonds is 5. The fourth-order valence-electron chi connectivity index (χ4n) is 2.20. The summed E-state index contributed by atoms with van der Waals surface area (Å²) in [5, 5.41) is 0. The highest BCUT2D eigenvalue weighted by Crippen LogP contribution is 2.13. The standard InChI is InChI=1S/C12H24N2O/c1-4-6-12(15)10-14-8-5-7-11(9-14)13(2)3/h11H,4-10H2,1-3H3. The molecule has 0 N–H and O–H groups in total. The van der Waals surface area contributed by atoms with Crippen molar-refractivity contribution in [1.29, 1.82) is 0 Å². The number of carbonyl (C=O) groups excluding carboxylic acids is 1. The van der Waals surface area contributed by atoms with E-state index in [2.05, 4.69) is 30.8 Å². The fourth-order valence-corrected chi connectivity index (χ4v) is 2.20. The Labute approximate surface area is 93.4 Å². The van der Waals surface area contributed by atoms with Crippen LogP contribution in [0.25, 0.3) is 0 Å². The van der Waals surface area contributed by atoms with Gasteiger partial charge in [0, 0.05) is 19.0 Å². The van der Waals surface area contributed by atoms with Crippen molar-refractivity contribution >= 4 is 5.78 Å². The number of carbonyl (C=O) groups is 1. The molecule has 88 valence electrons. The van der Waals surface area contributed by atoms with Crippen LogP contribution in [0.15, 0.2) is 0 Å². The minimum atomic E-state index is 0.400. The van der Waals surface area contributed by atoms with E-state index in [1.807, 2.05) is 0 Å². The van der Waals surface area contributed by atoms with Crippen LogP contribution in [0.3, 0.4) is 0 Å². The molecule has 1 aliphatic rings. The number of hydrogen-bond donors (Lipinski definition) is 0. The molecular formula is C12H24N2O. The lowest BCUT2D eigenvalue weighted by atomic mass is 10.0. The predicted octanol–water partition coefficient (Wildman–Crippen LogP) is 1.38. The zero-order valence-electron chi connectivity index (χ0n) is 10.3.